The minimum atomic E-state index is -0.533. The summed E-state index contributed by atoms with van der Waals surface area (Å²) in [6.07, 6.45) is 0.943. The Balaban J connectivity index is 1.41. The quantitative estimate of drug-likeness (QED) is 0.572. The second kappa shape index (κ2) is 10.2. The molecule has 170 valence electrons. The summed E-state index contributed by atoms with van der Waals surface area (Å²) in [7, 11) is 4.02. The summed E-state index contributed by atoms with van der Waals surface area (Å²) in [6, 6.07) is 25.0. The highest BCUT2D eigenvalue weighted by molar-refractivity contribution is 5.97. The minimum absolute atomic E-state index is 0.191. The molecule has 3 aromatic carbocycles. The number of likely N-dealkylation sites (tertiary alicyclic amines) is 1. The highest BCUT2D eigenvalue weighted by Gasteiger charge is 2.35. The van der Waals surface area contributed by atoms with E-state index >= 15 is 0 Å². The molecule has 1 saturated heterocycles. The lowest BCUT2D eigenvalue weighted by molar-refractivity contribution is -0.120. The zero-order valence-corrected chi connectivity index (χ0v) is 19.0. The Hall–Kier alpha value is -3.80. The van der Waals surface area contributed by atoms with Gasteiger partial charge in [0.25, 0.3) is 0 Å². The monoisotopic (exact) mass is 443 g/mol. The van der Waals surface area contributed by atoms with Crippen molar-refractivity contribution in [1.29, 1.82) is 0 Å². The second-order valence-electron chi connectivity index (χ2n) is 8.41. The van der Waals surface area contributed by atoms with E-state index in [1.165, 1.54) is 4.90 Å². The van der Waals surface area contributed by atoms with Crippen LogP contribution in [0.1, 0.15) is 18.4 Å². The fraction of sp³-hybridized carbons (Fsp3) is 0.259. The summed E-state index contributed by atoms with van der Waals surface area (Å²) in [5.74, 6) is -0.191. The van der Waals surface area contributed by atoms with E-state index in [0.29, 0.717) is 18.7 Å². The van der Waals surface area contributed by atoms with Crippen molar-refractivity contribution < 1.29 is 14.3 Å². The van der Waals surface area contributed by atoms with Gasteiger partial charge in [-0.05, 0) is 53.8 Å². The third-order valence-corrected chi connectivity index (χ3v) is 5.82. The van der Waals surface area contributed by atoms with Gasteiger partial charge in [0, 0.05) is 32.0 Å². The van der Waals surface area contributed by atoms with E-state index in [1.54, 1.807) is 0 Å². The molecule has 2 amide bonds. The predicted octanol–water partition coefficient (Wildman–Crippen LogP) is 5.16. The largest absolute Gasteiger partial charge is 0.445 e. The van der Waals surface area contributed by atoms with Crippen LogP contribution in [0.15, 0.2) is 78.9 Å². The van der Waals surface area contributed by atoms with Crippen molar-refractivity contribution in [3.05, 3.63) is 84.4 Å². The molecule has 4 rings (SSSR count). The number of anilines is 2. The molecule has 0 aliphatic carbocycles. The van der Waals surface area contributed by atoms with Crippen molar-refractivity contribution in [3.8, 4) is 11.1 Å². The molecule has 0 radical (unpaired) electrons. The average Bonchev–Trinajstić information content (AvgIpc) is 3.34. The van der Waals surface area contributed by atoms with Gasteiger partial charge in [0.2, 0.25) is 5.91 Å². The zero-order chi connectivity index (χ0) is 23.2. The van der Waals surface area contributed by atoms with Gasteiger partial charge in [0.15, 0.2) is 0 Å². The molecule has 6 heteroatoms. The fourth-order valence-electron chi connectivity index (χ4n) is 4.03. The van der Waals surface area contributed by atoms with Gasteiger partial charge in [-0.1, -0.05) is 54.6 Å². The van der Waals surface area contributed by atoms with Gasteiger partial charge in [-0.3, -0.25) is 9.69 Å². The number of carbonyl (C=O) groups is 2. The molecule has 1 N–H and O–H groups in total. The number of hydrogen-bond donors (Lipinski definition) is 1. The molecule has 0 saturated carbocycles. The van der Waals surface area contributed by atoms with Crippen molar-refractivity contribution >= 4 is 23.4 Å². The Bertz CT molecular complexity index is 1110. The average molecular weight is 444 g/mol. The van der Waals surface area contributed by atoms with Gasteiger partial charge in [-0.25, -0.2) is 4.79 Å². The van der Waals surface area contributed by atoms with E-state index in [9.17, 15) is 9.59 Å². The van der Waals surface area contributed by atoms with Gasteiger partial charge in [-0.2, -0.15) is 0 Å². The molecular formula is C27H29N3O3. The van der Waals surface area contributed by atoms with Crippen LogP contribution in [0.2, 0.25) is 0 Å². The topological polar surface area (TPSA) is 61.9 Å². The Morgan fingerprint density at radius 1 is 0.970 bits per heavy atom. The summed E-state index contributed by atoms with van der Waals surface area (Å²) in [6.45, 7) is 0.710. The first-order valence-electron chi connectivity index (χ1n) is 11.2. The second-order valence-corrected chi connectivity index (χ2v) is 8.41. The van der Waals surface area contributed by atoms with Gasteiger partial charge in [-0.15, -0.1) is 0 Å². The number of carbonyl (C=O) groups excluding carboxylic acids is 2. The summed E-state index contributed by atoms with van der Waals surface area (Å²) in [4.78, 5) is 29.2. The maximum Gasteiger partial charge on any atom is 0.410 e. The van der Waals surface area contributed by atoms with Gasteiger partial charge in [0.05, 0.1) is 0 Å². The van der Waals surface area contributed by atoms with E-state index in [2.05, 4.69) is 28.4 Å². The van der Waals surface area contributed by atoms with Crippen LogP contribution < -0.4 is 10.2 Å². The van der Waals surface area contributed by atoms with Crippen molar-refractivity contribution in [2.75, 3.05) is 30.9 Å². The first-order valence-corrected chi connectivity index (χ1v) is 11.2. The van der Waals surface area contributed by atoms with Crippen LogP contribution in [0.3, 0.4) is 0 Å². The smallest absolute Gasteiger partial charge is 0.410 e. The third kappa shape index (κ3) is 5.52. The highest BCUT2D eigenvalue weighted by Crippen LogP contribution is 2.27. The molecule has 0 bridgehead atoms. The number of nitrogens with one attached hydrogen (secondary N) is 1. The molecule has 3 aromatic rings. The van der Waals surface area contributed by atoms with E-state index in [1.807, 2.05) is 74.8 Å². The SMILES string of the molecule is CN(C)c1cccc(-c2cccc(NC(=O)[C@@H]3CCCN3C(=O)OCc3ccccc3)c2)c1. The van der Waals surface area contributed by atoms with Gasteiger partial charge < -0.3 is 15.0 Å². The lowest BCUT2D eigenvalue weighted by Gasteiger charge is -2.23. The van der Waals surface area contributed by atoms with E-state index in [4.69, 9.17) is 4.74 Å². The van der Waals surface area contributed by atoms with Crippen molar-refractivity contribution in [2.45, 2.75) is 25.5 Å². The summed E-state index contributed by atoms with van der Waals surface area (Å²) in [5.41, 5.74) is 4.82. The van der Waals surface area contributed by atoms with E-state index in [-0.39, 0.29) is 12.5 Å². The number of benzene rings is 3. The Labute approximate surface area is 194 Å². The van der Waals surface area contributed by atoms with E-state index in [0.717, 1.165) is 28.8 Å². The maximum atomic E-state index is 13.0. The zero-order valence-electron chi connectivity index (χ0n) is 19.0. The number of ether oxygens (including phenoxy) is 1. The van der Waals surface area contributed by atoms with Crippen molar-refractivity contribution in [3.63, 3.8) is 0 Å². The Kier molecular flexibility index (Phi) is 6.93. The van der Waals surface area contributed by atoms with Crippen LogP contribution in [-0.2, 0) is 16.1 Å². The number of hydrogen-bond acceptors (Lipinski definition) is 4. The molecule has 0 aromatic heterocycles. The Morgan fingerprint density at radius 3 is 2.45 bits per heavy atom. The molecule has 1 aliphatic rings. The number of nitrogens with zero attached hydrogens (tertiary/aromatic N) is 2. The molecule has 33 heavy (non-hydrogen) atoms. The lowest BCUT2D eigenvalue weighted by Crippen LogP contribution is -2.43. The molecule has 1 heterocycles. The molecule has 0 spiro atoms. The first-order chi connectivity index (χ1) is 16.0. The van der Waals surface area contributed by atoms with Crippen molar-refractivity contribution in [2.24, 2.45) is 0 Å². The summed E-state index contributed by atoms with van der Waals surface area (Å²) in [5, 5.41) is 2.99. The molecule has 6 nitrogen and oxygen atoms in total. The van der Waals surface area contributed by atoms with Crippen LogP contribution >= 0.6 is 0 Å². The number of rotatable bonds is 6. The normalized spacial score (nSPS) is 15.2. The summed E-state index contributed by atoms with van der Waals surface area (Å²) >= 11 is 0. The van der Waals surface area contributed by atoms with Crippen LogP contribution in [0.5, 0.6) is 0 Å². The minimum Gasteiger partial charge on any atom is -0.445 e. The van der Waals surface area contributed by atoms with Gasteiger partial charge in [0.1, 0.15) is 12.6 Å². The van der Waals surface area contributed by atoms with Crippen LogP contribution in [0, 0.1) is 0 Å². The highest BCUT2D eigenvalue weighted by atomic mass is 16.6. The Morgan fingerprint density at radius 2 is 1.70 bits per heavy atom. The van der Waals surface area contributed by atoms with Crippen LogP contribution in [0.25, 0.3) is 11.1 Å². The van der Waals surface area contributed by atoms with Crippen LogP contribution in [0.4, 0.5) is 16.2 Å². The predicted molar refractivity (Wildman–Crippen MR) is 131 cm³/mol. The standard InChI is InChI=1S/C27H29N3O3/c1-29(2)24-14-7-12-22(18-24)21-11-6-13-23(17-21)28-26(31)25-15-8-16-30(25)27(32)33-19-20-9-4-3-5-10-20/h3-7,9-14,17-18,25H,8,15-16,19H2,1-2H3,(H,28,31)/t25-/m0/s1. The van der Waals surface area contributed by atoms with Crippen LogP contribution in [-0.4, -0.2) is 43.6 Å². The molecule has 0 unspecified atom stereocenters. The van der Waals surface area contributed by atoms with Crippen molar-refractivity contribution in [1.82, 2.24) is 4.90 Å². The summed E-state index contributed by atoms with van der Waals surface area (Å²) < 4.78 is 5.45. The van der Waals surface area contributed by atoms with E-state index < -0.39 is 12.1 Å². The maximum absolute atomic E-state index is 13.0. The first kappa shape index (κ1) is 22.4. The van der Waals surface area contributed by atoms with Gasteiger partial charge >= 0.3 is 6.09 Å². The lowest BCUT2D eigenvalue weighted by atomic mass is 10.0. The number of amides is 2. The fourth-order valence-corrected chi connectivity index (χ4v) is 4.03. The molecular weight excluding hydrogens is 414 g/mol. The third-order valence-electron chi connectivity index (χ3n) is 5.82. The molecule has 1 atom stereocenters. The molecule has 1 fully saturated rings. The molecule has 1 aliphatic heterocycles.